The third kappa shape index (κ3) is 3.21. The molecule has 2 heterocycles. The van der Waals surface area contributed by atoms with Crippen LogP contribution in [0, 0.1) is 0 Å². The smallest absolute Gasteiger partial charge is 0.242 e. The molecular formula is C13H17N3O2S. The molecule has 2 aromatic heterocycles. The molecule has 0 aromatic carbocycles. The molecule has 0 fully saturated rings. The van der Waals surface area contributed by atoms with Crippen molar-refractivity contribution in [2.45, 2.75) is 13.0 Å². The average Bonchev–Trinajstić information content (AvgIpc) is 3.08. The fraction of sp³-hybridized carbons (Fsp3) is 0.385. The van der Waals surface area contributed by atoms with E-state index in [0.29, 0.717) is 13.2 Å². The lowest BCUT2D eigenvalue weighted by atomic mass is 10.3. The molecule has 0 aliphatic rings. The topological polar surface area (TPSA) is 56.1 Å². The first kappa shape index (κ1) is 13.8. The van der Waals surface area contributed by atoms with Crippen LogP contribution < -0.4 is 5.32 Å². The zero-order valence-electron chi connectivity index (χ0n) is 11.0. The molecule has 1 N–H and O–H groups in total. The Morgan fingerprint density at radius 1 is 1.63 bits per heavy atom. The van der Waals surface area contributed by atoms with Gasteiger partial charge in [-0.25, -0.2) is 4.98 Å². The molecule has 2 aromatic rings. The summed E-state index contributed by atoms with van der Waals surface area (Å²) in [7, 11) is 1.61. The van der Waals surface area contributed by atoms with E-state index in [4.69, 9.17) is 4.74 Å². The molecule has 19 heavy (non-hydrogen) atoms. The summed E-state index contributed by atoms with van der Waals surface area (Å²) in [6.07, 6.45) is 3.55. The largest absolute Gasteiger partial charge is 0.383 e. The molecule has 6 heteroatoms. The molecule has 0 spiro atoms. The quantitative estimate of drug-likeness (QED) is 0.822. The first-order valence-electron chi connectivity index (χ1n) is 6.07. The highest BCUT2D eigenvalue weighted by atomic mass is 32.1. The first-order chi connectivity index (χ1) is 9.24. The Balaban J connectivity index is 2.09. The van der Waals surface area contributed by atoms with Crippen molar-refractivity contribution in [1.82, 2.24) is 14.9 Å². The molecule has 1 amide bonds. The molecule has 5 nitrogen and oxygen atoms in total. The van der Waals surface area contributed by atoms with E-state index >= 15 is 0 Å². The number of carbonyl (C=O) groups is 1. The van der Waals surface area contributed by atoms with Crippen molar-refractivity contribution in [1.29, 1.82) is 0 Å². The number of imidazole rings is 1. The van der Waals surface area contributed by atoms with Crippen LogP contribution in [0.2, 0.25) is 0 Å². The molecule has 0 saturated heterocycles. The number of ether oxygens (including phenoxy) is 1. The number of methoxy groups -OCH3 is 1. The van der Waals surface area contributed by atoms with E-state index in [1.54, 1.807) is 24.6 Å². The van der Waals surface area contributed by atoms with Gasteiger partial charge >= 0.3 is 0 Å². The summed E-state index contributed by atoms with van der Waals surface area (Å²) in [6, 6.07) is 3.68. The Bertz CT molecular complexity index is 522. The minimum Gasteiger partial charge on any atom is -0.383 e. The normalized spacial score (nSPS) is 12.3. The van der Waals surface area contributed by atoms with Crippen LogP contribution in [0.4, 0.5) is 0 Å². The lowest BCUT2D eigenvalue weighted by Crippen LogP contribution is -2.33. The van der Waals surface area contributed by atoms with Gasteiger partial charge in [0.2, 0.25) is 5.91 Å². The summed E-state index contributed by atoms with van der Waals surface area (Å²) >= 11 is 1.61. The van der Waals surface area contributed by atoms with Crippen LogP contribution in [0.25, 0.3) is 10.7 Å². The van der Waals surface area contributed by atoms with E-state index in [-0.39, 0.29) is 11.9 Å². The van der Waals surface area contributed by atoms with E-state index in [9.17, 15) is 4.79 Å². The fourth-order valence-electron chi connectivity index (χ4n) is 1.77. The Hall–Kier alpha value is -1.66. The maximum absolute atomic E-state index is 12.0. The highest BCUT2D eigenvalue weighted by Crippen LogP contribution is 2.25. The minimum atomic E-state index is -0.295. The SMILES string of the molecule is COCCNC(=O)C(C)n1ccnc1-c1cccs1. The third-order valence-electron chi connectivity index (χ3n) is 2.81. The maximum atomic E-state index is 12.0. The number of aromatic nitrogens is 2. The Morgan fingerprint density at radius 2 is 2.47 bits per heavy atom. The summed E-state index contributed by atoms with van der Waals surface area (Å²) in [6.45, 7) is 2.89. The van der Waals surface area contributed by atoms with Gasteiger partial charge in [0.1, 0.15) is 6.04 Å². The molecule has 0 saturated carbocycles. The van der Waals surface area contributed by atoms with Crippen molar-refractivity contribution in [2.24, 2.45) is 0 Å². The highest BCUT2D eigenvalue weighted by molar-refractivity contribution is 7.13. The van der Waals surface area contributed by atoms with Crippen molar-refractivity contribution >= 4 is 17.2 Å². The van der Waals surface area contributed by atoms with E-state index in [1.807, 2.05) is 35.2 Å². The molecule has 1 atom stereocenters. The average molecular weight is 279 g/mol. The monoisotopic (exact) mass is 279 g/mol. The zero-order valence-corrected chi connectivity index (χ0v) is 11.8. The van der Waals surface area contributed by atoms with Crippen molar-refractivity contribution in [3.05, 3.63) is 29.9 Å². The number of thiophene rings is 1. The molecule has 0 aliphatic heterocycles. The van der Waals surface area contributed by atoms with Gasteiger partial charge in [-0.15, -0.1) is 11.3 Å². The lowest BCUT2D eigenvalue weighted by Gasteiger charge is -2.15. The molecule has 102 valence electrons. The van der Waals surface area contributed by atoms with Gasteiger partial charge in [-0.3, -0.25) is 4.79 Å². The summed E-state index contributed by atoms with van der Waals surface area (Å²) in [5.74, 6) is 0.789. The van der Waals surface area contributed by atoms with Crippen molar-refractivity contribution in [3.63, 3.8) is 0 Å². The van der Waals surface area contributed by atoms with Crippen LogP contribution >= 0.6 is 11.3 Å². The first-order valence-corrected chi connectivity index (χ1v) is 6.95. The number of amides is 1. The number of rotatable bonds is 6. The molecule has 0 radical (unpaired) electrons. The Morgan fingerprint density at radius 3 is 3.16 bits per heavy atom. The van der Waals surface area contributed by atoms with Crippen LogP contribution in [0.5, 0.6) is 0 Å². The van der Waals surface area contributed by atoms with Gasteiger partial charge in [-0.1, -0.05) is 6.07 Å². The van der Waals surface area contributed by atoms with E-state index in [2.05, 4.69) is 10.3 Å². The van der Waals surface area contributed by atoms with Gasteiger partial charge < -0.3 is 14.6 Å². The number of hydrogen-bond acceptors (Lipinski definition) is 4. The van der Waals surface area contributed by atoms with Crippen LogP contribution in [-0.4, -0.2) is 35.7 Å². The zero-order chi connectivity index (χ0) is 13.7. The van der Waals surface area contributed by atoms with Crippen molar-refractivity contribution in [3.8, 4) is 10.7 Å². The van der Waals surface area contributed by atoms with Gasteiger partial charge in [0.25, 0.3) is 0 Å². The van der Waals surface area contributed by atoms with Gasteiger partial charge in [0.15, 0.2) is 5.82 Å². The van der Waals surface area contributed by atoms with Gasteiger partial charge in [-0.2, -0.15) is 0 Å². The van der Waals surface area contributed by atoms with Crippen molar-refractivity contribution < 1.29 is 9.53 Å². The Labute approximate surface area is 116 Å². The highest BCUT2D eigenvalue weighted by Gasteiger charge is 2.18. The van der Waals surface area contributed by atoms with Crippen molar-refractivity contribution in [2.75, 3.05) is 20.3 Å². The lowest BCUT2D eigenvalue weighted by molar-refractivity contribution is -0.124. The van der Waals surface area contributed by atoms with E-state index in [1.165, 1.54) is 0 Å². The number of nitrogens with one attached hydrogen (secondary N) is 1. The summed E-state index contributed by atoms with van der Waals surface area (Å²) in [5, 5.41) is 4.83. The van der Waals surface area contributed by atoms with Gasteiger partial charge in [0.05, 0.1) is 11.5 Å². The second-order valence-electron chi connectivity index (χ2n) is 4.10. The summed E-state index contributed by atoms with van der Waals surface area (Å²) < 4.78 is 6.80. The van der Waals surface area contributed by atoms with Gasteiger partial charge in [0, 0.05) is 26.0 Å². The summed E-state index contributed by atoms with van der Waals surface area (Å²) in [4.78, 5) is 17.4. The van der Waals surface area contributed by atoms with Crippen LogP contribution in [0.1, 0.15) is 13.0 Å². The third-order valence-corrected chi connectivity index (χ3v) is 3.68. The maximum Gasteiger partial charge on any atom is 0.242 e. The fourth-order valence-corrected chi connectivity index (χ4v) is 2.50. The predicted molar refractivity (Wildman–Crippen MR) is 75.1 cm³/mol. The number of hydrogen-bond donors (Lipinski definition) is 1. The molecular weight excluding hydrogens is 262 g/mol. The van der Waals surface area contributed by atoms with Crippen LogP contribution in [-0.2, 0) is 9.53 Å². The molecule has 0 bridgehead atoms. The standard InChI is InChI=1S/C13H17N3O2S/c1-10(13(17)15-6-8-18-2)16-7-5-14-12(16)11-4-3-9-19-11/h3-5,7,9-10H,6,8H2,1-2H3,(H,15,17). The predicted octanol–water partition coefficient (Wildman–Crippen LogP) is 1.94. The minimum absolute atomic E-state index is 0.0344. The molecule has 2 rings (SSSR count). The van der Waals surface area contributed by atoms with Crippen LogP contribution in [0.15, 0.2) is 29.9 Å². The van der Waals surface area contributed by atoms with Crippen LogP contribution in [0.3, 0.4) is 0 Å². The van der Waals surface area contributed by atoms with E-state index in [0.717, 1.165) is 10.7 Å². The Kier molecular flexibility index (Phi) is 4.70. The van der Waals surface area contributed by atoms with Gasteiger partial charge in [-0.05, 0) is 18.4 Å². The number of nitrogens with zero attached hydrogens (tertiary/aromatic N) is 2. The molecule has 0 aliphatic carbocycles. The van der Waals surface area contributed by atoms with E-state index < -0.39 is 0 Å². The second-order valence-corrected chi connectivity index (χ2v) is 5.04. The number of carbonyl (C=O) groups excluding carboxylic acids is 1. The molecule has 1 unspecified atom stereocenters. The second kappa shape index (κ2) is 6.49. The summed E-state index contributed by atoms with van der Waals surface area (Å²) in [5.41, 5.74) is 0.